The number of rotatable bonds is 68. The number of ether oxygens (including phenoxy) is 12. The molecule has 0 aliphatic rings. The van der Waals surface area contributed by atoms with Gasteiger partial charge in [-0.15, -0.1) is 0 Å². The highest BCUT2D eigenvalue weighted by Crippen LogP contribution is 2.19. The van der Waals surface area contributed by atoms with Crippen LogP contribution in [-0.2, 0) is 95.3 Å². The molecule has 0 saturated carbocycles. The van der Waals surface area contributed by atoms with Crippen molar-refractivity contribution in [3.05, 3.63) is 59.7 Å². The molecule has 2 aromatic rings. The molecular formula is C81H130N8O25. The second-order valence-electron chi connectivity index (χ2n) is 26.9. The zero-order valence-corrected chi connectivity index (χ0v) is 68.6. The molecule has 0 aliphatic carbocycles. The van der Waals surface area contributed by atoms with Crippen molar-refractivity contribution in [2.75, 3.05) is 145 Å². The van der Waals surface area contributed by atoms with E-state index in [4.69, 9.17) is 56.8 Å². The predicted octanol–water partition coefficient (Wildman–Crippen LogP) is 7.70. The number of hydrogen-bond donors (Lipinski definition) is 6. The predicted molar refractivity (Wildman–Crippen MR) is 421 cm³/mol. The van der Waals surface area contributed by atoms with Crippen LogP contribution in [0.1, 0.15) is 213 Å². The first-order valence-electron chi connectivity index (χ1n) is 40.8. The van der Waals surface area contributed by atoms with Gasteiger partial charge in [0, 0.05) is 76.6 Å². The standard InChI is InChI=1S/C81H130N8O25/c1-9-17-47-103-71(92)57-65(76(97)109-51-21-13-5)82-35-43-88(44-36-83-66(77(98)110-52-22-14-6)58-72(93)104-48-18-10-2)41-33-69(90)107-55-39-86-80(101)113-63-29-25-61(26-30-63)75(96)62-27-31-64(32-28-62)114-81(102)87-40-56-108-70(91)34-42-89(45-37-84-67(78(99)111-53-23-15-7)59-73(94)105-49-19-11-3)46-38-85-68(79(100)112-54-24-16-8)60-74(95)106-50-20-12-4/h25-32,65-68,82-85H,9-24,33-60H2,1-8H3,(H,86,101)(H,87,102). The highest BCUT2D eigenvalue weighted by atomic mass is 16.6. The van der Waals surface area contributed by atoms with Crippen molar-refractivity contribution in [1.29, 1.82) is 0 Å². The smallest absolute Gasteiger partial charge is 0.412 e. The monoisotopic (exact) mass is 1610 g/mol. The van der Waals surface area contributed by atoms with Gasteiger partial charge in [-0.1, -0.05) is 107 Å². The summed E-state index contributed by atoms with van der Waals surface area (Å²) in [6.07, 6.45) is 8.67. The van der Waals surface area contributed by atoms with Gasteiger partial charge in [0.1, 0.15) is 48.9 Å². The number of amides is 2. The highest BCUT2D eigenvalue weighted by Gasteiger charge is 2.29. The van der Waals surface area contributed by atoms with Crippen molar-refractivity contribution in [3.8, 4) is 11.5 Å². The van der Waals surface area contributed by atoms with Crippen LogP contribution in [0.4, 0.5) is 9.59 Å². The van der Waals surface area contributed by atoms with Crippen LogP contribution in [0, 0.1) is 0 Å². The summed E-state index contributed by atoms with van der Waals surface area (Å²) in [4.78, 5) is 172. The number of ketones is 1. The van der Waals surface area contributed by atoms with E-state index < -0.39 is 102 Å². The Morgan fingerprint density at radius 3 is 0.746 bits per heavy atom. The number of unbranched alkanes of at least 4 members (excludes halogenated alkanes) is 8. The first-order valence-corrected chi connectivity index (χ1v) is 40.8. The third kappa shape index (κ3) is 49.7. The Kier molecular flexibility index (Phi) is 58.0. The van der Waals surface area contributed by atoms with Crippen LogP contribution in [-0.4, -0.2) is 256 Å². The molecule has 0 saturated heterocycles. The number of nitrogens with zero attached hydrogens (tertiary/aromatic N) is 2. The second kappa shape index (κ2) is 65.4. The van der Waals surface area contributed by atoms with Gasteiger partial charge in [-0.25, -0.2) is 9.59 Å². The minimum Gasteiger partial charge on any atom is -0.466 e. The Labute approximate surface area is 672 Å². The average molecular weight is 1620 g/mol. The van der Waals surface area contributed by atoms with Gasteiger partial charge < -0.3 is 98.5 Å². The number of nitrogens with one attached hydrogen (secondary N) is 6. The van der Waals surface area contributed by atoms with Crippen molar-refractivity contribution < 1.29 is 119 Å². The Balaban J connectivity index is 2.01. The van der Waals surface area contributed by atoms with Gasteiger partial charge in [0.15, 0.2) is 5.78 Å². The molecule has 0 fully saturated rings. The molecule has 0 bridgehead atoms. The van der Waals surface area contributed by atoms with Crippen LogP contribution in [0.3, 0.4) is 0 Å². The Bertz CT molecular complexity index is 2780. The summed E-state index contributed by atoms with van der Waals surface area (Å²) in [5, 5.41) is 17.4. The van der Waals surface area contributed by atoms with Crippen molar-refractivity contribution in [2.24, 2.45) is 0 Å². The molecule has 2 aromatic carbocycles. The van der Waals surface area contributed by atoms with Gasteiger partial charge in [-0.2, -0.15) is 0 Å². The lowest BCUT2D eigenvalue weighted by Crippen LogP contribution is -2.47. The van der Waals surface area contributed by atoms with Crippen molar-refractivity contribution in [1.82, 2.24) is 41.7 Å². The average Bonchev–Trinajstić information content (AvgIpc) is 0.843. The lowest BCUT2D eigenvalue weighted by molar-refractivity contribution is -0.153. The summed E-state index contributed by atoms with van der Waals surface area (Å²) in [6, 6.07) is 7.43. The minimum absolute atomic E-state index is 0.0988. The van der Waals surface area contributed by atoms with Crippen molar-refractivity contribution in [3.63, 3.8) is 0 Å². The zero-order valence-electron chi connectivity index (χ0n) is 68.6. The number of benzene rings is 2. The maximum Gasteiger partial charge on any atom is 0.412 e. The van der Waals surface area contributed by atoms with Crippen molar-refractivity contribution >= 4 is 77.7 Å². The molecule has 0 aromatic heterocycles. The van der Waals surface area contributed by atoms with Crippen molar-refractivity contribution in [2.45, 2.75) is 221 Å². The highest BCUT2D eigenvalue weighted by molar-refractivity contribution is 6.09. The summed E-state index contributed by atoms with van der Waals surface area (Å²) in [5.74, 6) is -6.07. The van der Waals surface area contributed by atoms with Gasteiger partial charge in [0.2, 0.25) is 0 Å². The van der Waals surface area contributed by atoms with E-state index >= 15 is 0 Å². The molecule has 0 aliphatic heterocycles. The molecule has 6 N–H and O–H groups in total. The molecule has 33 nitrogen and oxygen atoms in total. The number of hydrogen-bond acceptors (Lipinski definition) is 31. The minimum atomic E-state index is -1.01. The molecule has 0 spiro atoms. The molecule has 4 unspecified atom stereocenters. The van der Waals surface area contributed by atoms with E-state index in [0.29, 0.717) is 51.4 Å². The van der Waals surface area contributed by atoms with Gasteiger partial charge >= 0.3 is 71.9 Å². The van der Waals surface area contributed by atoms with Crippen LogP contribution >= 0.6 is 0 Å². The SMILES string of the molecule is CCCCOC(=O)CC(NCCN(CCNC(CC(=O)OCCCC)C(=O)OCCCC)CCC(=O)OCCNC(=O)Oc1ccc(C(=O)c2ccc(OC(=O)NCCOC(=O)CCN(CCNC(CC(=O)OCCCC)C(=O)OCCCC)CCNC(CC(=O)OCCCC)C(=O)OCCCC)cc2)cc1)C(=O)OCCCC. The fraction of sp³-hybridized carbons (Fsp3) is 0.691. The summed E-state index contributed by atoms with van der Waals surface area (Å²) < 4.78 is 64.7. The first-order chi connectivity index (χ1) is 55.1. The molecule has 2 amide bonds. The van der Waals surface area contributed by atoms with Gasteiger partial charge in [0.25, 0.3) is 0 Å². The number of carbonyl (C=O) groups is 13. The maximum absolute atomic E-state index is 13.5. The third-order valence-corrected chi connectivity index (χ3v) is 17.1. The number of esters is 10. The molecular weight excluding hydrogens is 1480 g/mol. The summed E-state index contributed by atoms with van der Waals surface area (Å²) in [5.41, 5.74) is 0.487. The van der Waals surface area contributed by atoms with E-state index in [1.807, 2.05) is 65.2 Å². The van der Waals surface area contributed by atoms with Gasteiger partial charge in [0.05, 0.1) is 104 Å². The fourth-order valence-electron chi connectivity index (χ4n) is 10.2. The van der Waals surface area contributed by atoms with Gasteiger partial charge in [-0.3, -0.25) is 52.7 Å². The van der Waals surface area contributed by atoms with E-state index in [9.17, 15) is 62.3 Å². The van der Waals surface area contributed by atoms with Crippen LogP contribution in [0.15, 0.2) is 48.5 Å². The quantitative estimate of drug-likeness (QED) is 0.0160. The fourth-order valence-corrected chi connectivity index (χ4v) is 10.2. The molecule has 0 heterocycles. The van der Waals surface area contributed by atoms with Crippen LogP contribution in [0.25, 0.3) is 0 Å². The Morgan fingerprint density at radius 2 is 0.509 bits per heavy atom. The Morgan fingerprint density at radius 1 is 0.281 bits per heavy atom. The van der Waals surface area contributed by atoms with E-state index in [2.05, 4.69) is 31.9 Å². The Hall–Kier alpha value is -8.89. The van der Waals surface area contributed by atoms with Crippen LogP contribution in [0.5, 0.6) is 11.5 Å². The number of carbonyl (C=O) groups excluding carboxylic acids is 13. The largest absolute Gasteiger partial charge is 0.466 e. The summed E-state index contributed by atoms with van der Waals surface area (Å²) in [7, 11) is 0. The topological polar surface area (TPSA) is 411 Å². The van der Waals surface area contributed by atoms with E-state index in [1.54, 1.807) is 0 Å². The molecule has 114 heavy (non-hydrogen) atoms. The van der Waals surface area contributed by atoms with E-state index in [-0.39, 0.29) is 206 Å². The summed E-state index contributed by atoms with van der Waals surface area (Å²) >= 11 is 0. The third-order valence-electron chi connectivity index (χ3n) is 17.1. The first kappa shape index (κ1) is 101. The molecule has 644 valence electrons. The molecule has 4 atom stereocenters. The van der Waals surface area contributed by atoms with E-state index in [1.165, 1.54) is 48.5 Å². The van der Waals surface area contributed by atoms with Crippen LogP contribution < -0.4 is 41.4 Å². The maximum atomic E-state index is 13.5. The normalized spacial score (nSPS) is 12.1. The summed E-state index contributed by atoms with van der Waals surface area (Å²) in [6.45, 7) is 18.5. The van der Waals surface area contributed by atoms with Crippen LogP contribution in [0.2, 0.25) is 0 Å². The van der Waals surface area contributed by atoms with Gasteiger partial charge in [-0.05, 0) is 99.9 Å². The lowest BCUT2D eigenvalue weighted by Gasteiger charge is -2.25. The molecule has 33 heteroatoms. The molecule has 0 radical (unpaired) electrons. The lowest BCUT2D eigenvalue weighted by atomic mass is 10.0. The molecule has 2 rings (SSSR count). The second-order valence-corrected chi connectivity index (χ2v) is 26.9. The zero-order chi connectivity index (χ0) is 83.8. The van der Waals surface area contributed by atoms with E-state index in [0.717, 1.165) is 51.4 Å².